The second-order valence-electron chi connectivity index (χ2n) is 8.08. The molecule has 1 amide bonds. The lowest BCUT2D eigenvalue weighted by molar-refractivity contribution is -0.125. The van der Waals surface area contributed by atoms with E-state index in [4.69, 9.17) is 27.9 Å². The van der Waals surface area contributed by atoms with E-state index in [1.165, 1.54) is 24.3 Å². The van der Waals surface area contributed by atoms with Crippen LogP contribution in [-0.2, 0) is 9.53 Å². The first kappa shape index (κ1) is 25.2. The first-order valence-electron chi connectivity index (χ1n) is 11.0. The molecule has 0 aliphatic heterocycles. The van der Waals surface area contributed by atoms with Crippen molar-refractivity contribution in [2.75, 3.05) is 5.32 Å². The monoisotopic (exact) mass is 517 g/mol. The number of hydrogen-bond donors (Lipinski definition) is 1. The molecule has 4 rings (SSSR count). The van der Waals surface area contributed by atoms with Gasteiger partial charge in [0.2, 0.25) is 6.10 Å². The van der Waals surface area contributed by atoms with E-state index in [-0.39, 0.29) is 16.9 Å². The van der Waals surface area contributed by atoms with E-state index >= 15 is 0 Å². The van der Waals surface area contributed by atoms with Crippen LogP contribution in [0.15, 0.2) is 97.1 Å². The second-order valence-corrected chi connectivity index (χ2v) is 8.96. The standard InChI is InChI=1S/C29H21Cl2NO4/c1-18-11-13-19(14-12-18)26(33)24-9-5-6-10-25(24)29(35)36-27(20-7-3-2-4-8-20)28(34)32-23-16-21(30)15-22(31)17-23/h2-17,27H,1H3,(H,32,34). The molecule has 0 heterocycles. The quantitative estimate of drug-likeness (QED) is 0.210. The number of carbonyl (C=O) groups excluding carboxylic acids is 3. The van der Waals surface area contributed by atoms with Gasteiger partial charge >= 0.3 is 5.97 Å². The van der Waals surface area contributed by atoms with Gasteiger partial charge in [-0.15, -0.1) is 0 Å². The average molecular weight is 518 g/mol. The molecule has 4 aromatic carbocycles. The molecule has 0 radical (unpaired) electrons. The number of rotatable bonds is 7. The van der Waals surface area contributed by atoms with Gasteiger partial charge in [0.1, 0.15) is 0 Å². The van der Waals surface area contributed by atoms with Crippen molar-refractivity contribution in [2.24, 2.45) is 0 Å². The van der Waals surface area contributed by atoms with Crippen molar-refractivity contribution in [3.8, 4) is 0 Å². The van der Waals surface area contributed by atoms with Gasteiger partial charge in [0, 0.05) is 32.4 Å². The molecule has 0 saturated heterocycles. The summed E-state index contributed by atoms with van der Waals surface area (Å²) in [6.45, 7) is 1.92. The Bertz CT molecular complexity index is 1400. The van der Waals surface area contributed by atoms with E-state index in [0.717, 1.165) is 5.56 Å². The van der Waals surface area contributed by atoms with Crippen LogP contribution in [0, 0.1) is 6.92 Å². The maximum Gasteiger partial charge on any atom is 0.340 e. The Balaban J connectivity index is 1.64. The van der Waals surface area contributed by atoms with Gasteiger partial charge in [0.15, 0.2) is 5.78 Å². The molecule has 1 unspecified atom stereocenters. The summed E-state index contributed by atoms with van der Waals surface area (Å²) in [6.07, 6.45) is -1.29. The number of aryl methyl sites for hydroxylation is 1. The third-order valence-electron chi connectivity index (χ3n) is 5.40. The summed E-state index contributed by atoms with van der Waals surface area (Å²) in [5, 5.41) is 3.38. The SMILES string of the molecule is Cc1ccc(C(=O)c2ccccc2C(=O)OC(C(=O)Nc2cc(Cl)cc(Cl)c2)c2ccccc2)cc1. The van der Waals surface area contributed by atoms with E-state index < -0.39 is 18.0 Å². The van der Waals surface area contributed by atoms with Crippen LogP contribution in [0.25, 0.3) is 0 Å². The molecule has 0 bridgehead atoms. The average Bonchev–Trinajstić information content (AvgIpc) is 2.87. The Morgan fingerprint density at radius 3 is 1.97 bits per heavy atom. The third kappa shape index (κ3) is 6.00. The Labute approximate surface area is 218 Å². The molecule has 1 N–H and O–H groups in total. The van der Waals surface area contributed by atoms with E-state index in [2.05, 4.69) is 5.32 Å². The Hall–Kier alpha value is -3.93. The fourth-order valence-electron chi connectivity index (χ4n) is 3.62. The topological polar surface area (TPSA) is 72.5 Å². The number of halogens is 2. The van der Waals surface area contributed by atoms with Crippen molar-refractivity contribution in [3.05, 3.63) is 135 Å². The first-order valence-corrected chi connectivity index (χ1v) is 11.8. The summed E-state index contributed by atoms with van der Waals surface area (Å²) in [4.78, 5) is 39.7. The van der Waals surface area contributed by atoms with Gasteiger partial charge in [-0.1, -0.05) is 102 Å². The minimum atomic E-state index is -1.29. The van der Waals surface area contributed by atoms with Crippen LogP contribution < -0.4 is 5.32 Å². The van der Waals surface area contributed by atoms with Crippen molar-refractivity contribution in [3.63, 3.8) is 0 Å². The minimum Gasteiger partial charge on any atom is -0.444 e. The number of hydrogen-bond acceptors (Lipinski definition) is 4. The summed E-state index contributed by atoms with van der Waals surface area (Å²) in [6, 6.07) is 26.6. The zero-order chi connectivity index (χ0) is 25.7. The van der Waals surface area contributed by atoms with E-state index in [1.54, 1.807) is 60.7 Å². The molecule has 0 aliphatic carbocycles. The lowest BCUT2D eigenvalue weighted by Crippen LogP contribution is -2.26. The molecule has 7 heteroatoms. The number of ketones is 1. The molecule has 0 fully saturated rings. The van der Waals surface area contributed by atoms with Crippen molar-refractivity contribution >= 4 is 46.5 Å². The van der Waals surface area contributed by atoms with Crippen LogP contribution in [0.2, 0.25) is 10.0 Å². The molecule has 36 heavy (non-hydrogen) atoms. The van der Waals surface area contributed by atoms with Gasteiger partial charge in [0.25, 0.3) is 5.91 Å². The summed E-state index contributed by atoms with van der Waals surface area (Å²) in [7, 11) is 0. The number of anilines is 1. The van der Waals surface area contributed by atoms with Gasteiger partial charge < -0.3 is 10.1 Å². The molecule has 0 spiro atoms. The molecule has 0 saturated carbocycles. The maximum absolute atomic E-state index is 13.3. The number of amides is 1. The van der Waals surface area contributed by atoms with E-state index in [1.807, 2.05) is 19.1 Å². The van der Waals surface area contributed by atoms with Crippen LogP contribution in [-0.4, -0.2) is 17.7 Å². The van der Waals surface area contributed by atoms with Gasteiger partial charge in [-0.25, -0.2) is 4.79 Å². The molecule has 4 aromatic rings. The maximum atomic E-state index is 13.3. The number of ether oxygens (including phenoxy) is 1. The predicted octanol–water partition coefficient (Wildman–Crippen LogP) is 7.07. The lowest BCUT2D eigenvalue weighted by atomic mass is 9.97. The Morgan fingerprint density at radius 2 is 1.33 bits per heavy atom. The predicted molar refractivity (Wildman–Crippen MR) is 141 cm³/mol. The van der Waals surface area contributed by atoms with Crippen LogP contribution in [0.4, 0.5) is 5.69 Å². The Morgan fingerprint density at radius 1 is 0.750 bits per heavy atom. The summed E-state index contributed by atoms with van der Waals surface area (Å²) >= 11 is 12.1. The number of nitrogens with one attached hydrogen (secondary N) is 1. The van der Waals surface area contributed by atoms with Crippen molar-refractivity contribution in [1.29, 1.82) is 0 Å². The van der Waals surface area contributed by atoms with Crippen LogP contribution >= 0.6 is 23.2 Å². The smallest absolute Gasteiger partial charge is 0.340 e. The van der Waals surface area contributed by atoms with Crippen LogP contribution in [0.5, 0.6) is 0 Å². The number of carbonyl (C=O) groups is 3. The number of esters is 1. The number of benzene rings is 4. The molecular formula is C29H21Cl2NO4. The zero-order valence-electron chi connectivity index (χ0n) is 19.2. The Kier molecular flexibility index (Phi) is 7.84. The van der Waals surface area contributed by atoms with E-state index in [9.17, 15) is 14.4 Å². The van der Waals surface area contributed by atoms with Crippen LogP contribution in [0.3, 0.4) is 0 Å². The highest BCUT2D eigenvalue weighted by molar-refractivity contribution is 6.35. The molecule has 0 aromatic heterocycles. The van der Waals surface area contributed by atoms with Crippen molar-refractivity contribution < 1.29 is 19.1 Å². The van der Waals surface area contributed by atoms with E-state index in [0.29, 0.717) is 26.9 Å². The lowest BCUT2D eigenvalue weighted by Gasteiger charge is -2.19. The fraction of sp³-hybridized carbons (Fsp3) is 0.0690. The van der Waals surface area contributed by atoms with Gasteiger partial charge in [-0.05, 0) is 31.2 Å². The van der Waals surface area contributed by atoms with Crippen molar-refractivity contribution in [1.82, 2.24) is 0 Å². The van der Waals surface area contributed by atoms with Crippen LogP contribution in [0.1, 0.15) is 43.5 Å². The van der Waals surface area contributed by atoms with Gasteiger partial charge in [0.05, 0.1) is 5.56 Å². The highest BCUT2D eigenvalue weighted by Gasteiger charge is 2.28. The minimum absolute atomic E-state index is 0.0580. The third-order valence-corrected chi connectivity index (χ3v) is 5.84. The molecule has 5 nitrogen and oxygen atoms in total. The molecular weight excluding hydrogens is 497 g/mol. The highest BCUT2D eigenvalue weighted by Crippen LogP contribution is 2.26. The summed E-state index contributed by atoms with van der Waals surface area (Å²) < 4.78 is 5.69. The second kappa shape index (κ2) is 11.2. The molecule has 180 valence electrons. The first-order chi connectivity index (χ1) is 17.3. The zero-order valence-corrected chi connectivity index (χ0v) is 20.7. The largest absolute Gasteiger partial charge is 0.444 e. The highest BCUT2D eigenvalue weighted by atomic mass is 35.5. The normalized spacial score (nSPS) is 11.4. The summed E-state index contributed by atoms with van der Waals surface area (Å²) in [5.41, 5.74) is 2.50. The van der Waals surface area contributed by atoms with Crippen molar-refractivity contribution in [2.45, 2.75) is 13.0 Å². The molecule has 1 atom stereocenters. The summed E-state index contributed by atoms with van der Waals surface area (Å²) in [5.74, 6) is -1.73. The fourth-order valence-corrected chi connectivity index (χ4v) is 4.15. The van der Waals surface area contributed by atoms with Gasteiger partial charge in [-0.2, -0.15) is 0 Å². The molecule has 0 aliphatic rings. The van der Waals surface area contributed by atoms with Gasteiger partial charge in [-0.3, -0.25) is 9.59 Å².